The Labute approximate surface area is 141 Å². The van der Waals surface area contributed by atoms with E-state index in [0.717, 1.165) is 18.7 Å². The number of benzene rings is 2. The fourth-order valence-electron chi connectivity index (χ4n) is 3.24. The highest BCUT2D eigenvalue weighted by atomic mass is 32.1. The van der Waals surface area contributed by atoms with Crippen molar-refractivity contribution in [2.45, 2.75) is 31.8 Å². The van der Waals surface area contributed by atoms with E-state index in [4.69, 9.17) is 4.98 Å². The van der Waals surface area contributed by atoms with E-state index in [1.807, 2.05) is 6.07 Å². The monoisotopic (exact) mass is 320 g/mol. The van der Waals surface area contributed by atoms with Gasteiger partial charge in [-0.05, 0) is 30.4 Å². The molecular weight excluding hydrogens is 300 g/mol. The van der Waals surface area contributed by atoms with Crippen LogP contribution < -0.4 is 5.32 Å². The molecule has 0 radical (unpaired) electrons. The molecule has 0 aliphatic heterocycles. The maximum Gasteiger partial charge on any atom is 0.107 e. The molecule has 23 heavy (non-hydrogen) atoms. The molecule has 2 nitrogen and oxygen atoms in total. The lowest BCUT2D eigenvalue weighted by Gasteiger charge is -2.25. The van der Waals surface area contributed by atoms with Crippen molar-refractivity contribution in [3.05, 3.63) is 76.1 Å². The molecular formula is C20H20N2S. The third-order valence-electron chi connectivity index (χ3n) is 4.51. The van der Waals surface area contributed by atoms with Crippen LogP contribution in [0.25, 0.3) is 11.3 Å². The minimum absolute atomic E-state index is 0.564. The summed E-state index contributed by atoms with van der Waals surface area (Å²) in [6, 6.07) is 19.8. The number of aryl methyl sites for hydroxylation is 1. The predicted molar refractivity (Wildman–Crippen MR) is 96.6 cm³/mol. The zero-order valence-corrected chi connectivity index (χ0v) is 13.9. The highest BCUT2D eigenvalue weighted by Crippen LogP contribution is 2.23. The molecule has 0 fully saturated rings. The van der Waals surface area contributed by atoms with E-state index >= 15 is 0 Å². The smallest absolute Gasteiger partial charge is 0.107 e. The van der Waals surface area contributed by atoms with Crippen LogP contribution in [0.5, 0.6) is 0 Å². The van der Waals surface area contributed by atoms with Gasteiger partial charge in [0.1, 0.15) is 5.01 Å². The lowest BCUT2D eigenvalue weighted by atomic mass is 9.88. The zero-order chi connectivity index (χ0) is 15.5. The Morgan fingerprint density at radius 2 is 1.78 bits per heavy atom. The van der Waals surface area contributed by atoms with Gasteiger partial charge in [-0.3, -0.25) is 0 Å². The molecule has 1 atom stereocenters. The van der Waals surface area contributed by atoms with E-state index in [1.54, 1.807) is 11.3 Å². The first kappa shape index (κ1) is 14.6. The molecule has 3 heteroatoms. The van der Waals surface area contributed by atoms with Crippen LogP contribution in [0.15, 0.2) is 60.0 Å². The quantitative estimate of drug-likeness (QED) is 0.768. The van der Waals surface area contributed by atoms with Crippen LogP contribution in [0.3, 0.4) is 0 Å². The van der Waals surface area contributed by atoms with Crippen molar-refractivity contribution in [3.63, 3.8) is 0 Å². The molecule has 4 rings (SSSR count). The van der Waals surface area contributed by atoms with Crippen LogP contribution in [-0.4, -0.2) is 11.0 Å². The lowest BCUT2D eigenvalue weighted by molar-refractivity contribution is 0.457. The van der Waals surface area contributed by atoms with E-state index in [9.17, 15) is 0 Å². The Morgan fingerprint density at radius 3 is 2.65 bits per heavy atom. The molecule has 116 valence electrons. The average molecular weight is 320 g/mol. The molecule has 1 aliphatic carbocycles. The van der Waals surface area contributed by atoms with Gasteiger partial charge < -0.3 is 5.32 Å². The molecule has 0 amide bonds. The zero-order valence-electron chi connectivity index (χ0n) is 13.0. The number of thiazole rings is 1. The molecule has 1 unspecified atom stereocenters. The molecule has 0 saturated carbocycles. The fraction of sp³-hybridized carbons (Fsp3) is 0.250. The first-order chi connectivity index (χ1) is 11.4. The summed E-state index contributed by atoms with van der Waals surface area (Å²) >= 11 is 1.74. The third kappa shape index (κ3) is 3.36. The summed E-state index contributed by atoms with van der Waals surface area (Å²) in [6.07, 6.45) is 3.53. The van der Waals surface area contributed by atoms with Crippen LogP contribution in [0.1, 0.15) is 22.6 Å². The Bertz CT molecular complexity index is 779. The van der Waals surface area contributed by atoms with Gasteiger partial charge in [0.25, 0.3) is 0 Å². The van der Waals surface area contributed by atoms with Crippen molar-refractivity contribution in [1.82, 2.24) is 10.3 Å². The topological polar surface area (TPSA) is 24.9 Å². The van der Waals surface area contributed by atoms with Crippen molar-refractivity contribution in [1.29, 1.82) is 0 Å². The Kier molecular flexibility index (Phi) is 4.22. The molecule has 1 N–H and O–H groups in total. The SMILES string of the molecule is c1ccc(-c2csc(CNC3CCc4ccccc4C3)n2)cc1. The largest absolute Gasteiger partial charge is 0.307 e. The van der Waals surface area contributed by atoms with Gasteiger partial charge in [0, 0.05) is 23.5 Å². The van der Waals surface area contributed by atoms with Crippen LogP contribution >= 0.6 is 11.3 Å². The minimum atomic E-state index is 0.564. The van der Waals surface area contributed by atoms with Crippen molar-refractivity contribution in [2.24, 2.45) is 0 Å². The Balaban J connectivity index is 1.38. The summed E-state index contributed by atoms with van der Waals surface area (Å²) in [4.78, 5) is 4.77. The molecule has 2 aromatic carbocycles. The van der Waals surface area contributed by atoms with Crippen molar-refractivity contribution in [2.75, 3.05) is 0 Å². The minimum Gasteiger partial charge on any atom is -0.307 e. The highest BCUT2D eigenvalue weighted by molar-refractivity contribution is 7.09. The molecule has 1 aliphatic rings. The van der Waals surface area contributed by atoms with E-state index in [-0.39, 0.29) is 0 Å². The Hall–Kier alpha value is -1.97. The average Bonchev–Trinajstić information content (AvgIpc) is 3.10. The normalized spacial score (nSPS) is 17.0. The second kappa shape index (κ2) is 6.65. The van der Waals surface area contributed by atoms with E-state index in [0.29, 0.717) is 6.04 Å². The summed E-state index contributed by atoms with van der Waals surface area (Å²) < 4.78 is 0. The Morgan fingerprint density at radius 1 is 1.00 bits per heavy atom. The fourth-order valence-corrected chi connectivity index (χ4v) is 3.99. The van der Waals surface area contributed by atoms with Crippen molar-refractivity contribution in [3.8, 4) is 11.3 Å². The van der Waals surface area contributed by atoms with E-state index in [1.165, 1.54) is 34.5 Å². The van der Waals surface area contributed by atoms with Gasteiger partial charge in [-0.15, -0.1) is 11.3 Å². The molecule has 0 bridgehead atoms. The molecule has 1 aromatic heterocycles. The van der Waals surface area contributed by atoms with Crippen LogP contribution in [0.2, 0.25) is 0 Å². The van der Waals surface area contributed by atoms with E-state index < -0.39 is 0 Å². The molecule has 0 saturated heterocycles. The van der Waals surface area contributed by atoms with Crippen molar-refractivity contribution >= 4 is 11.3 Å². The lowest BCUT2D eigenvalue weighted by Crippen LogP contribution is -2.34. The number of hydrogen-bond acceptors (Lipinski definition) is 3. The van der Waals surface area contributed by atoms with Gasteiger partial charge in [0.15, 0.2) is 0 Å². The van der Waals surface area contributed by atoms with Crippen LogP contribution in [-0.2, 0) is 19.4 Å². The van der Waals surface area contributed by atoms with Crippen LogP contribution in [0.4, 0.5) is 0 Å². The van der Waals surface area contributed by atoms with Gasteiger partial charge in [-0.2, -0.15) is 0 Å². The predicted octanol–water partition coefficient (Wildman–Crippen LogP) is 4.46. The van der Waals surface area contributed by atoms with Gasteiger partial charge in [0.2, 0.25) is 0 Å². The first-order valence-electron chi connectivity index (χ1n) is 8.18. The highest BCUT2D eigenvalue weighted by Gasteiger charge is 2.18. The van der Waals surface area contributed by atoms with E-state index in [2.05, 4.69) is 59.2 Å². The molecule has 1 heterocycles. The van der Waals surface area contributed by atoms with Crippen molar-refractivity contribution < 1.29 is 0 Å². The van der Waals surface area contributed by atoms with Gasteiger partial charge in [0.05, 0.1) is 5.69 Å². The second-order valence-corrected chi connectivity index (χ2v) is 7.02. The molecule has 0 spiro atoms. The van der Waals surface area contributed by atoms with Gasteiger partial charge >= 0.3 is 0 Å². The summed E-state index contributed by atoms with van der Waals surface area (Å²) in [5.74, 6) is 0. The number of nitrogens with zero attached hydrogens (tertiary/aromatic N) is 1. The van der Waals surface area contributed by atoms with Gasteiger partial charge in [-0.1, -0.05) is 54.6 Å². The standard InChI is InChI=1S/C20H20N2S/c1-2-7-16(8-3-1)19-14-23-20(22-19)13-21-18-11-10-15-6-4-5-9-17(15)12-18/h1-9,14,18,21H,10-13H2. The summed E-state index contributed by atoms with van der Waals surface area (Å²) in [5.41, 5.74) is 5.30. The maximum absolute atomic E-state index is 4.77. The number of fused-ring (bicyclic) bond motifs is 1. The number of rotatable bonds is 4. The number of aromatic nitrogens is 1. The summed E-state index contributed by atoms with van der Waals surface area (Å²) in [5, 5.41) is 7.02. The van der Waals surface area contributed by atoms with Gasteiger partial charge in [-0.25, -0.2) is 4.98 Å². The summed E-state index contributed by atoms with van der Waals surface area (Å²) in [6.45, 7) is 0.865. The summed E-state index contributed by atoms with van der Waals surface area (Å²) in [7, 11) is 0. The maximum atomic E-state index is 4.77. The second-order valence-electron chi connectivity index (χ2n) is 6.08. The third-order valence-corrected chi connectivity index (χ3v) is 5.36. The first-order valence-corrected chi connectivity index (χ1v) is 9.06. The number of hydrogen-bond donors (Lipinski definition) is 1. The number of nitrogens with one attached hydrogen (secondary N) is 1. The van der Waals surface area contributed by atoms with Crippen LogP contribution in [0, 0.1) is 0 Å². The molecule has 3 aromatic rings.